The maximum Gasteiger partial charge on any atom is 0.319 e. The number of hydrogen-bond donors (Lipinski definition) is 1. The predicted molar refractivity (Wildman–Crippen MR) is 55.2 cm³/mol. The third-order valence-corrected chi connectivity index (χ3v) is 2.36. The molecule has 0 saturated heterocycles. The van der Waals surface area contributed by atoms with Gasteiger partial charge < -0.3 is 4.74 Å². The standard InChI is InChI=1S/C9H14N2O2S/c1-3-13-9(12)4-10-7(2)8-5-14-6-11-8/h5-7,10H,3-4H2,1-2H3. The summed E-state index contributed by atoms with van der Waals surface area (Å²) < 4.78 is 4.79. The monoisotopic (exact) mass is 214 g/mol. The molecule has 5 heteroatoms. The van der Waals surface area contributed by atoms with Gasteiger partial charge in [-0.25, -0.2) is 4.98 Å². The second-order valence-corrected chi connectivity index (χ2v) is 3.54. The summed E-state index contributed by atoms with van der Waals surface area (Å²) in [7, 11) is 0. The van der Waals surface area contributed by atoms with Crippen LogP contribution in [0.25, 0.3) is 0 Å². The summed E-state index contributed by atoms with van der Waals surface area (Å²) in [6.07, 6.45) is 0. The lowest BCUT2D eigenvalue weighted by atomic mass is 10.2. The minimum absolute atomic E-state index is 0.0886. The van der Waals surface area contributed by atoms with E-state index in [1.54, 1.807) is 23.8 Å². The van der Waals surface area contributed by atoms with E-state index >= 15 is 0 Å². The van der Waals surface area contributed by atoms with Gasteiger partial charge in [-0.05, 0) is 13.8 Å². The first-order valence-corrected chi connectivity index (χ1v) is 5.45. The van der Waals surface area contributed by atoms with Gasteiger partial charge in [-0.3, -0.25) is 10.1 Å². The summed E-state index contributed by atoms with van der Waals surface area (Å²) in [6, 6.07) is 0.0886. The Bertz CT molecular complexity index is 274. The Morgan fingerprint density at radius 2 is 2.57 bits per heavy atom. The first-order valence-electron chi connectivity index (χ1n) is 4.51. The molecule has 1 unspecified atom stereocenters. The Kier molecular flexibility index (Phi) is 4.55. The lowest BCUT2D eigenvalue weighted by Crippen LogP contribution is -2.27. The van der Waals surface area contributed by atoms with Gasteiger partial charge in [0.1, 0.15) is 0 Å². The Hall–Kier alpha value is -0.940. The average Bonchev–Trinajstić information content (AvgIpc) is 2.67. The first kappa shape index (κ1) is 11.1. The summed E-state index contributed by atoms with van der Waals surface area (Å²) in [5, 5.41) is 5.00. The fraction of sp³-hybridized carbons (Fsp3) is 0.556. The van der Waals surface area contributed by atoms with Crippen molar-refractivity contribution < 1.29 is 9.53 Å². The van der Waals surface area contributed by atoms with E-state index in [9.17, 15) is 4.79 Å². The zero-order chi connectivity index (χ0) is 10.4. The predicted octanol–water partition coefficient (Wildman–Crippen LogP) is 1.36. The Labute approximate surface area is 87.3 Å². The van der Waals surface area contributed by atoms with Gasteiger partial charge in [0.2, 0.25) is 0 Å². The molecule has 0 saturated carbocycles. The number of nitrogens with one attached hydrogen (secondary N) is 1. The van der Waals surface area contributed by atoms with E-state index in [1.807, 2.05) is 12.3 Å². The van der Waals surface area contributed by atoms with Crippen LogP contribution in [0.1, 0.15) is 25.6 Å². The number of esters is 1. The van der Waals surface area contributed by atoms with Gasteiger partial charge in [-0.1, -0.05) is 0 Å². The molecule has 14 heavy (non-hydrogen) atoms. The second-order valence-electron chi connectivity index (χ2n) is 2.82. The van der Waals surface area contributed by atoms with E-state index in [1.165, 1.54) is 0 Å². The Morgan fingerprint density at radius 1 is 1.79 bits per heavy atom. The van der Waals surface area contributed by atoms with Crippen LogP contribution in [0.5, 0.6) is 0 Å². The van der Waals surface area contributed by atoms with Gasteiger partial charge in [-0.2, -0.15) is 0 Å². The molecule has 1 heterocycles. The van der Waals surface area contributed by atoms with E-state index in [4.69, 9.17) is 4.74 Å². The van der Waals surface area contributed by atoms with Crippen LogP contribution in [-0.4, -0.2) is 24.1 Å². The highest BCUT2D eigenvalue weighted by molar-refractivity contribution is 7.07. The highest BCUT2D eigenvalue weighted by Crippen LogP contribution is 2.10. The SMILES string of the molecule is CCOC(=O)CNC(C)c1cscn1. The lowest BCUT2D eigenvalue weighted by molar-refractivity contribution is -0.142. The molecule has 0 radical (unpaired) electrons. The molecule has 1 aromatic rings. The van der Waals surface area contributed by atoms with Crippen molar-refractivity contribution in [1.82, 2.24) is 10.3 Å². The maximum absolute atomic E-state index is 11.0. The van der Waals surface area contributed by atoms with Crippen LogP contribution in [0.2, 0.25) is 0 Å². The molecule has 1 aromatic heterocycles. The van der Waals surface area contributed by atoms with Crippen LogP contribution in [0.3, 0.4) is 0 Å². The van der Waals surface area contributed by atoms with Crippen molar-refractivity contribution in [2.75, 3.05) is 13.2 Å². The number of ether oxygens (including phenoxy) is 1. The third-order valence-electron chi connectivity index (χ3n) is 1.75. The molecule has 0 fully saturated rings. The number of carbonyl (C=O) groups is 1. The summed E-state index contributed by atoms with van der Waals surface area (Å²) in [5.74, 6) is -0.227. The highest BCUT2D eigenvalue weighted by Gasteiger charge is 2.08. The molecule has 1 rings (SSSR count). The van der Waals surface area contributed by atoms with Gasteiger partial charge in [0.25, 0.3) is 0 Å². The number of thiazole rings is 1. The zero-order valence-electron chi connectivity index (χ0n) is 8.32. The molecule has 0 aliphatic heterocycles. The summed E-state index contributed by atoms with van der Waals surface area (Å²) >= 11 is 1.55. The van der Waals surface area contributed by atoms with E-state index in [2.05, 4.69) is 10.3 Å². The normalized spacial score (nSPS) is 12.4. The Morgan fingerprint density at radius 3 is 3.14 bits per heavy atom. The Balaban J connectivity index is 2.28. The van der Waals surface area contributed by atoms with Gasteiger partial charge in [-0.15, -0.1) is 11.3 Å². The number of nitrogens with zero attached hydrogens (tertiary/aromatic N) is 1. The smallest absolute Gasteiger partial charge is 0.319 e. The van der Waals surface area contributed by atoms with Crippen LogP contribution < -0.4 is 5.32 Å². The topological polar surface area (TPSA) is 51.2 Å². The third kappa shape index (κ3) is 3.43. The molecule has 0 aromatic carbocycles. The van der Waals surface area contributed by atoms with Crippen LogP contribution in [0.4, 0.5) is 0 Å². The molecule has 0 aliphatic rings. The fourth-order valence-electron chi connectivity index (χ4n) is 0.989. The van der Waals surface area contributed by atoms with Crippen LogP contribution in [0.15, 0.2) is 10.9 Å². The molecule has 0 aliphatic carbocycles. The minimum atomic E-state index is -0.227. The van der Waals surface area contributed by atoms with Gasteiger partial charge in [0.15, 0.2) is 0 Å². The molecule has 1 atom stereocenters. The fourth-order valence-corrected chi connectivity index (χ4v) is 1.64. The minimum Gasteiger partial charge on any atom is -0.465 e. The van der Waals surface area contributed by atoms with E-state index < -0.39 is 0 Å². The lowest BCUT2D eigenvalue weighted by Gasteiger charge is -2.10. The largest absolute Gasteiger partial charge is 0.465 e. The molecule has 0 spiro atoms. The van der Waals surface area contributed by atoms with Crippen molar-refractivity contribution in [2.24, 2.45) is 0 Å². The van der Waals surface area contributed by atoms with Gasteiger partial charge >= 0.3 is 5.97 Å². The number of rotatable bonds is 5. The van der Waals surface area contributed by atoms with Crippen molar-refractivity contribution >= 4 is 17.3 Å². The highest BCUT2D eigenvalue weighted by atomic mass is 32.1. The molecular formula is C9H14N2O2S. The van der Waals surface area contributed by atoms with Crippen molar-refractivity contribution in [3.63, 3.8) is 0 Å². The van der Waals surface area contributed by atoms with E-state index in [0.29, 0.717) is 6.61 Å². The van der Waals surface area contributed by atoms with E-state index in [0.717, 1.165) is 5.69 Å². The van der Waals surface area contributed by atoms with Crippen LogP contribution in [-0.2, 0) is 9.53 Å². The summed E-state index contributed by atoms with van der Waals surface area (Å²) in [4.78, 5) is 15.2. The molecule has 4 nitrogen and oxygen atoms in total. The average molecular weight is 214 g/mol. The zero-order valence-corrected chi connectivity index (χ0v) is 9.13. The van der Waals surface area contributed by atoms with Crippen molar-refractivity contribution in [3.05, 3.63) is 16.6 Å². The van der Waals surface area contributed by atoms with Gasteiger partial charge in [0.05, 0.1) is 24.4 Å². The quantitative estimate of drug-likeness (QED) is 0.752. The molecule has 1 N–H and O–H groups in total. The van der Waals surface area contributed by atoms with Crippen molar-refractivity contribution in [3.8, 4) is 0 Å². The molecule has 0 amide bonds. The summed E-state index contributed by atoms with van der Waals surface area (Å²) in [6.45, 7) is 4.41. The molecule has 0 bridgehead atoms. The van der Waals surface area contributed by atoms with Crippen LogP contribution in [0, 0.1) is 0 Å². The second kappa shape index (κ2) is 5.72. The number of carbonyl (C=O) groups excluding carboxylic acids is 1. The van der Waals surface area contributed by atoms with Crippen molar-refractivity contribution in [1.29, 1.82) is 0 Å². The number of aromatic nitrogens is 1. The molecular weight excluding hydrogens is 200 g/mol. The van der Waals surface area contributed by atoms with E-state index in [-0.39, 0.29) is 18.6 Å². The summed E-state index contributed by atoms with van der Waals surface area (Å²) in [5.41, 5.74) is 2.73. The number of hydrogen-bond acceptors (Lipinski definition) is 5. The van der Waals surface area contributed by atoms with Crippen molar-refractivity contribution in [2.45, 2.75) is 19.9 Å². The maximum atomic E-state index is 11.0. The van der Waals surface area contributed by atoms with Crippen LogP contribution >= 0.6 is 11.3 Å². The first-order chi connectivity index (χ1) is 6.74. The molecule has 78 valence electrons. The van der Waals surface area contributed by atoms with Gasteiger partial charge in [0, 0.05) is 11.4 Å².